The molecule has 0 aromatic carbocycles. The molecule has 1 amide bonds. The third-order valence-electron chi connectivity index (χ3n) is 3.83. The summed E-state index contributed by atoms with van der Waals surface area (Å²) >= 11 is 2.00. The lowest BCUT2D eigenvalue weighted by Gasteiger charge is -2.38. The molecule has 2 aliphatic rings. The van der Waals surface area contributed by atoms with Crippen LogP contribution in [0.15, 0.2) is 0 Å². The van der Waals surface area contributed by atoms with Crippen LogP contribution in [0.2, 0.25) is 0 Å². The summed E-state index contributed by atoms with van der Waals surface area (Å²) < 4.78 is 5.99. The van der Waals surface area contributed by atoms with Gasteiger partial charge in [-0.3, -0.25) is 4.79 Å². The summed E-state index contributed by atoms with van der Waals surface area (Å²) in [6.45, 7) is 1.64. The summed E-state index contributed by atoms with van der Waals surface area (Å²) in [6, 6.07) is 0.521. The molecule has 4 nitrogen and oxygen atoms in total. The van der Waals surface area contributed by atoms with Gasteiger partial charge < -0.3 is 15.0 Å². The molecule has 0 aromatic heterocycles. The normalized spacial score (nSPS) is 31.8. The Kier molecular flexibility index (Phi) is 4.92. The van der Waals surface area contributed by atoms with Gasteiger partial charge in [0.1, 0.15) is 0 Å². The molecular weight excluding hydrogens is 248 g/mol. The molecule has 18 heavy (non-hydrogen) atoms. The Balaban J connectivity index is 1.71. The second kappa shape index (κ2) is 6.26. The van der Waals surface area contributed by atoms with Gasteiger partial charge in [0.05, 0.1) is 5.60 Å². The van der Waals surface area contributed by atoms with Gasteiger partial charge in [-0.15, -0.1) is 0 Å². The average Bonchev–Trinajstić information content (AvgIpc) is 2.77. The van der Waals surface area contributed by atoms with Crippen molar-refractivity contribution in [3.63, 3.8) is 0 Å². The van der Waals surface area contributed by atoms with Crippen molar-refractivity contribution in [2.45, 2.75) is 37.3 Å². The first kappa shape index (κ1) is 14.2. The van der Waals surface area contributed by atoms with Gasteiger partial charge >= 0.3 is 0 Å². The van der Waals surface area contributed by atoms with Crippen LogP contribution < -0.4 is 5.32 Å². The van der Waals surface area contributed by atoms with E-state index in [9.17, 15) is 4.79 Å². The number of amides is 1. The Morgan fingerprint density at radius 1 is 1.56 bits per heavy atom. The van der Waals surface area contributed by atoms with E-state index in [1.54, 1.807) is 4.90 Å². The number of nitrogens with zero attached hydrogens (tertiary/aromatic N) is 1. The molecule has 2 saturated heterocycles. The summed E-state index contributed by atoms with van der Waals surface area (Å²) in [5, 5.41) is 3.52. The number of carbonyl (C=O) groups excluding carboxylic acids is 1. The van der Waals surface area contributed by atoms with E-state index in [4.69, 9.17) is 4.74 Å². The topological polar surface area (TPSA) is 41.6 Å². The second-order valence-corrected chi connectivity index (χ2v) is 6.62. The predicted octanol–water partition coefficient (Wildman–Crippen LogP) is 1.11. The van der Waals surface area contributed by atoms with Gasteiger partial charge in [0.2, 0.25) is 5.91 Å². The molecule has 0 saturated carbocycles. The predicted molar refractivity (Wildman–Crippen MR) is 75.0 cm³/mol. The largest absolute Gasteiger partial charge is 0.374 e. The minimum Gasteiger partial charge on any atom is -0.374 e. The highest BCUT2D eigenvalue weighted by molar-refractivity contribution is 7.99. The average molecular weight is 272 g/mol. The lowest BCUT2D eigenvalue weighted by atomic mass is 9.90. The Bertz CT molecular complexity index is 291. The highest BCUT2D eigenvalue weighted by Gasteiger charge is 2.40. The molecule has 2 rings (SSSR count). The Morgan fingerprint density at radius 3 is 3.06 bits per heavy atom. The number of ether oxygens (including phenoxy) is 1. The van der Waals surface area contributed by atoms with Crippen molar-refractivity contribution in [1.29, 1.82) is 0 Å². The van der Waals surface area contributed by atoms with Gasteiger partial charge in [-0.1, -0.05) is 0 Å². The minimum atomic E-state index is 0.131. The zero-order chi connectivity index (χ0) is 13.0. The van der Waals surface area contributed by atoms with Gasteiger partial charge in [0, 0.05) is 45.5 Å². The monoisotopic (exact) mass is 272 g/mol. The molecule has 1 N–H and O–H groups in total. The molecule has 2 fully saturated rings. The van der Waals surface area contributed by atoms with Crippen LogP contribution in [0.4, 0.5) is 0 Å². The van der Waals surface area contributed by atoms with Gasteiger partial charge in [0.25, 0.3) is 0 Å². The van der Waals surface area contributed by atoms with Crippen LogP contribution >= 0.6 is 11.8 Å². The van der Waals surface area contributed by atoms with Crippen LogP contribution in [0.3, 0.4) is 0 Å². The van der Waals surface area contributed by atoms with Crippen molar-refractivity contribution >= 4 is 17.7 Å². The number of rotatable bonds is 4. The summed E-state index contributed by atoms with van der Waals surface area (Å²) in [5.41, 5.74) is 0.131. The lowest BCUT2D eigenvalue weighted by Crippen LogP contribution is -2.47. The molecular formula is C13H24N2O2S. The Morgan fingerprint density at radius 2 is 2.39 bits per heavy atom. The maximum absolute atomic E-state index is 11.5. The first-order chi connectivity index (χ1) is 8.61. The zero-order valence-electron chi connectivity index (χ0n) is 11.4. The first-order valence-corrected chi connectivity index (χ1v) is 7.92. The van der Waals surface area contributed by atoms with Gasteiger partial charge in [0.15, 0.2) is 0 Å². The minimum absolute atomic E-state index is 0.131. The molecule has 0 bridgehead atoms. The number of thioether (sulfide) groups is 1. The van der Waals surface area contributed by atoms with E-state index in [0.29, 0.717) is 12.5 Å². The molecule has 2 aliphatic heterocycles. The second-order valence-electron chi connectivity index (χ2n) is 5.52. The van der Waals surface area contributed by atoms with Crippen LogP contribution in [0.25, 0.3) is 0 Å². The zero-order valence-corrected chi connectivity index (χ0v) is 12.2. The van der Waals surface area contributed by atoms with E-state index in [1.807, 2.05) is 25.9 Å². The highest BCUT2D eigenvalue weighted by Crippen LogP contribution is 2.38. The summed E-state index contributed by atoms with van der Waals surface area (Å²) in [7, 11) is 3.61. The van der Waals surface area contributed by atoms with Gasteiger partial charge in [-0.05, 0) is 25.0 Å². The fourth-order valence-electron chi connectivity index (χ4n) is 2.67. The smallest absolute Gasteiger partial charge is 0.223 e. The van der Waals surface area contributed by atoms with E-state index in [0.717, 1.165) is 31.7 Å². The maximum Gasteiger partial charge on any atom is 0.223 e. The highest BCUT2D eigenvalue weighted by atomic mass is 32.2. The molecule has 104 valence electrons. The van der Waals surface area contributed by atoms with E-state index in [1.165, 1.54) is 12.2 Å². The number of hydrogen-bond donors (Lipinski definition) is 1. The lowest BCUT2D eigenvalue weighted by molar-refractivity contribution is -0.128. The number of hydrogen-bond acceptors (Lipinski definition) is 4. The van der Waals surface area contributed by atoms with Crippen LogP contribution in [-0.4, -0.2) is 61.2 Å². The van der Waals surface area contributed by atoms with Crippen molar-refractivity contribution < 1.29 is 9.53 Å². The van der Waals surface area contributed by atoms with E-state index < -0.39 is 0 Å². The third kappa shape index (κ3) is 3.62. The fraction of sp³-hybridized carbons (Fsp3) is 0.923. The molecule has 2 unspecified atom stereocenters. The molecule has 0 radical (unpaired) electrons. The van der Waals surface area contributed by atoms with E-state index >= 15 is 0 Å². The van der Waals surface area contributed by atoms with Crippen molar-refractivity contribution in [3.05, 3.63) is 0 Å². The van der Waals surface area contributed by atoms with E-state index in [2.05, 4.69) is 5.32 Å². The van der Waals surface area contributed by atoms with Crippen molar-refractivity contribution in [3.8, 4) is 0 Å². The fourth-order valence-corrected chi connectivity index (χ4v) is 4.05. The van der Waals surface area contributed by atoms with E-state index in [-0.39, 0.29) is 11.5 Å². The van der Waals surface area contributed by atoms with Gasteiger partial charge in [-0.25, -0.2) is 0 Å². The van der Waals surface area contributed by atoms with Crippen molar-refractivity contribution in [2.75, 3.05) is 38.8 Å². The molecule has 2 heterocycles. The van der Waals surface area contributed by atoms with Gasteiger partial charge in [-0.2, -0.15) is 11.8 Å². The number of carbonyl (C=O) groups is 1. The Hall–Kier alpha value is -0.260. The summed E-state index contributed by atoms with van der Waals surface area (Å²) in [6.07, 6.45) is 3.96. The maximum atomic E-state index is 11.5. The molecule has 5 heteroatoms. The quantitative estimate of drug-likeness (QED) is 0.832. The van der Waals surface area contributed by atoms with Crippen LogP contribution in [-0.2, 0) is 9.53 Å². The molecule has 0 aliphatic carbocycles. The van der Waals surface area contributed by atoms with Crippen molar-refractivity contribution in [1.82, 2.24) is 10.2 Å². The summed E-state index contributed by atoms with van der Waals surface area (Å²) in [5.74, 6) is 2.56. The first-order valence-electron chi connectivity index (χ1n) is 6.77. The third-order valence-corrected chi connectivity index (χ3v) is 5.05. The molecule has 1 spiro atoms. The number of nitrogens with one attached hydrogen (secondary N) is 1. The van der Waals surface area contributed by atoms with Crippen LogP contribution in [0.5, 0.6) is 0 Å². The van der Waals surface area contributed by atoms with Crippen LogP contribution in [0, 0.1) is 0 Å². The van der Waals surface area contributed by atoms with Crippen molar-refractivity contribution in [2.24, 2.45) is 0 Å². The van der Waals surface area contributed by atoms with Crippen LogP contribution in [0.1, 0.15) is 25.7 Å². The molecule has 2 atom stereocenters. The molecule has 0 aromatic rings. The standard InChI is InChI=1S/C13H24N2O2S/c1-15(2)12(16)3-6-14-11-4-7-17-13(9-11)5-8-18-10-13/h11,14H,3-10H2,1-2H3. The SMILES string of the molecule is CN(C)C(=O)CCNC1CCOC2(CCSC2)C1. The summed E-state index contributed by atoms with van der Waals surface area (Å²) in [4.78, 5) is 13.1. The Labute approximate surface area is 114 Å².